The fourth-order valence-corrected chi connectivity index (χ4v) is 0.982. The summed E-state index contributed by atoms with van der Waals surface area (Å²) in [5.74, 6) is -1.33. The minimum atomic E-state index is -0.747. The molecular weight excluding hydrogens is 171 g/mol. The molecule has 0 saturated heterocycles. The smallest absolute Gasteiger partial charge is 0.251 e. The molecule has 0 aliphatic heterocycles. The molecule has 0 saturated carbocycles. The van der Waals surface area contributed by atoms with E-state index in [0.29, 0.717) is 5.69 Å². The van der Waals surface area contributed by atoms with E-state index in [4.69, 9.17) is 5.73 Å². The van der Waals surface area contributed by atoms with Crippen LogP contribution in [-0.4, -0.2) is 20.0 Å². The summed E-state index contributed by atoms with van der Waals surface area (Å²) < 4.78 is 13.1. The first-order chi connectivity index (χ1) is 6.02. The highest BCUT2D eigenvalue weighted by atomic mass is 19.1. The van der Waals surface area contributed by atoms with Crippen molar-refractivity contribution >= 4 is 11.6 Å². The van der Waals surface area contributed by atoms with Crippen LogP contribution in [0.15, 0.2) is 18.2 Å². The Balaban J connectivity index is 3.13. The summed E-state index contributed by atoms with van der Waals surface area (Å²) in [6.45, 7) is 0. The van der Waals surface area contributed by atoms with Gasteiger partial charge in [-0.05, 0) is 18.2 Å². The van der Waals surface area contributed by atoms with Gasteiger partial charge in [0.25, 0.3) is 5.91 Å². The van der Waals surface area contributed by atoms with Gasteiger partial charge in [-0.25, -0.2) is 4.39 Å². The zero-order chi connectivity index (χ0) is 10.0. The normalized spacial score (nSPS) is 9.77. The van der Waals surface area contributed by atoms with Gasteiger partial charge in [-0.3, -0.25) is 4.79 Å². The lowest BCUT2D eigenvalue weighted by Crippen LogP contribution is -2.14. The molecule has 3 nitrogen and oxygen atoms in total. The van der Waals surface area contributed by atoms with E-state index >= 15 is 0 Å². The highest BCUT2D eigenvalue weighted by Gasteiger charge is 2.08. The van der Waals surface area contributed by atoms with Gasteiger partial charge in [-0.15, -0.1) is 0 Å². The van der Waals surface area contributed by atoms with E-state index in [1.54, 1.807) is 25.1 Å². The van der Waals surface area contributed by atoms with E-state index in [-0.39, 0.29) is 5.56 Å². The number of hydrogen-bond acceptors (Lipinski definition) is 2. The number of carbonyl (C=O) groups excluding carboxylic acids is 1. The van der Waals surface area contributed by atoms with Crippen molar-refractivity contribution in [3.63, 3.8) is 0 Å². The molecule has 0 aliphatic rings. The number of anilines is 1. The Bertz CT molecular complexity index is 336. The number of amides is 1. The number of carbonyl (C=O) groups is 1. The number of primary amides is 1. The van der Waals surface area contributed by atoms with Gasteiger partial charge in [0.15, 0.2) is 0 Å². The molecule has 1 aromatic carbocycles. The molecule has 0 aliphatic carbocycles. The van der Waals surface area contributed by atoms with E-state index in [0.717, 1.165) is 0 Å². The highest BCUT2D eigenvalue weighted by molar-refractivity contribution is 5.93. The van der Waals surface area contributed by atoms with Crippen LogP contribution in [-0.2, 0) is 0 Å². The monoisotopic (exact) mass is 182 g/mol. The van der Waals surface area contributed by atoms with Crippen molar-refractivity contribution in [2.45, 2.75) is 0 Å². The average molecular weight is 182 g/mol. The topological polar surface area (TPSA) is 46.3 Å². The summed E-state index contributed by atoms with van der Waals surface area (Å²) in [6.07, 6.45) is 0. The predicted molar refractivity (Wildman–Crippen MR) is 49.2 cm³/mol. The Morgan fingerprint density at radius 2 is 2.08 bits per heavy atom. The summed E-state index contributed by atoms with van der Waals surface area (Å²) >= 11 is 0. The van der Waals surface area contributed by atoms with Crippen molar-refractivity contribution in [3.05, 3.63) is 29.6 Å². The summed E-state index contributed by atoms with van der Waals surface area (Å²) in [6, 6.07) is 4.30. The van der Waals surface area contributed by atoms with Crippen LogP contribution < -0.4 is 10.6 Å². The van der Waals surface area contributed by atoms with E-state index < -0.39 is 11.7 Å². The predicted octanol–water partition coefficient (Wildman–Crippen LogP) is 0.991. The first kappa shape index (κ1) is 9.51. The first-order valence-electron chi connectivity index (χ1n) is 3.79. The molecule has 0 atom stereocenters. The summed E-state index contributed by atoms with van der Waals surface area (Å²) in [5, 5.41) is 0. The Kier molecular flexibility index (Phi) is 2.51. The van der Waals surface area contributed by atoms with Gasteiger partial charge in [0, 0.05) is 19.8 Å². The Labute approximate surface area is 76.0 Å². The van der Waals surface area contributed by atoms with Crippen LogP contribution in [0.25, 0.3) is 0 Å². The lowest BCUT2D eigenvalue weighted by Gasteiger charge is -2.12. The van der Waals surface area contributed by atoms with Crippen molar-refractivity contribution in [3.8, 4) is 0 Å². The second kappa shape index (κ2) is 3.43. The maximum absolute atomic E-state index is 13.1. The largest absolute Gasteiger partial charge is 0.378 e. The number of rotatable bonds is 2. The maximum Gasteiger partial charge on any atom is 0.251 e. The molecule has 0 radical (unpaired) electrons. The second-order valence-electron chi connectivity index (χ2n) is 2.92. The molecule has 0 fully saturated rings. The first-order valence-corrected chi connectivity index (χ1v) is 3.79. The SMILES string of the molecule is CN(C)c1ccc(C(N)=O)c(F)c1. The fourth-order valence-electron chi connectivity index (χ4n) is 0.982. The van der Waals surface area contributed by atoms with Gasteiger partial charge in [0.05, 0.1) is 5.56 Å². The van der Waals surface area contributed by atoms with E-state index in [1.807, 2.05) is 0 Å². The van der Waals surface area contributed by atoms with Crippen LogP contribution >= 0.6 is 0 Å². The molecule has 0 unspecified atom stereocenters. The van der Waals surface area contributed by atoms with Crippen molar-refractivity contribution in [1.29, 1.82) is 0 Å². The van der Waals surface area contributed by atoms with E-state index in [9.17, 15) is 9.18 Å². The fraction of sp³-hybridized carbons (Fsp3) is 0.222. The highest BCUT2D eigenvalue weighted by Crippen LogP contribution is 2.15. The third-order valence-electron chi connectivity index (χ3n) is 1.73. The third kappa shape index (κ3) is 1.96. The van der Waals surface area contributed by atoms with Crippen molar-refractivity contribution in [2.24, 2.45) is 5.73 Å². The van der Waals surface area contributed by atoms with Crippen LogP contribution in [0, 0.1) is 5.82 Å². The number of nitrogens with two attached hydrogens (primary N) is 1. The van der Waals surface area contributed by atoms with Crippen LogP contribution in [0.4, 0.5) is 10.1 Å². The van der Waals surface area contributed by atoms with Gasteiger partial charge in [-0.1, -0.05) is 0 Å². The molecule has 13 heavy (non-hydrogen) atoms. The van der Waals surface area contributed by atoms with Crippen molar-refractivity contribution < 1.29 is 9.18 Å². The minimum Gasteiger partial charge on any atom is -0.378 e. The van der Waals surface area contributed by atoms with Crippen LogP contribution in [0.2, 0.25) is 0 Å². The van der Waals surface area contributed by atoms with Gasteiger partial charge in [0.1, 0.15) is 5.82 Å². The van der Waals surface area contributed by atoms with Crippen molar-refractivity contribution in [1.82, 2.24) is 0 Å². The molecule has 1 aromatic rings. The minimum absolute atomic E-state index is 0.0781. The van der Waals surface area contributed by atoms with Crippen LogP contribution in [0.3, 0.4) is 0 Å². The number of nitrogens with zero attached hydrogens (tertiary/aromatic N) is 1. The Morgan fingerprint density at radius 1 is 1.46 bits per heavy atom. The van der Waals surface area contributed by atoms with Gasteiger partial charge in [0.2, 0.25) is 0 Å². The molecular formula is C9H11FN2O. The lowest BCUT2D eigenvalue weighted by atomic mass is 10.2. The molecule has 0 aromatic heterocycles. The van der Waals surface area contributed by atoms with Crippen LogP contribution in [0.5, 0.6) is 0 Å². The summed E-state index contributed by atoms with van der Waals surface area (Å²) in [5.41, 5.74) is 5.57. The molecule has 0 spiro atoms. The summed E-state index contributed by atoms with van der Waals surface area (Å²) in [4.78, 5) is 12.4. The summed E-state index contributed by atoms with van der Waals surface area (Å²) in [7, 11) is 3.58. The lowest BCUT2D eigenvalue weighted by molar-refractivity contribution is 0.0996. The number of hydrogen-bond donors (Lipinski definition) is 1. The molecule has 1 rings (SSSR count). The van der Waals surface area contributed by atoms with Gasteiger partial charge in [-0.2, -0.15) is 0 Å². The maximum atomic E-state index is 13.1. The Morgan fingerprint density at radius 3 is 2.46 bits per heavy atom. The average Bonchev–Trinajstić information content (AvgIpc) is 2.03. The zero-order valence-corrected chi connectivity index (χ0v) is 7.54. The van der Waals surface area contributed by atoms with Gasteiger partial charge < -0.3 is 10.6 Å². The molecule has 0 bridgehead atoms. The van der Waals surface area contributed by atoms with Crippen molar-refractivity contribution in [2.75, 3.05) is 19.0 Å². The standard InChI is InChI=1S/C9H11FN2O/c1-12(2)6-3-4-7(9(11)13)8(10)5-6/h3-5H,1-2H3,(H2,11,13). The van der Waals surface area contributed by atoms with E-state index in [2.05, 4.69) is 0 Å². The molecule has 1 amide bonds. The second-order valence-corrected chi connectivity index (χ2v) is 2.92. The molecule has 0 heterocycles. The van der Waals surface area contributed by atoms with E-state index in [1.165, 1.54) is 12.1 Å². The quantitative estimate of drug-likeness (QED) is 0.741. The Hall–Kier alpha value is -1.58. The third-order valence-corrected chi connectivity index (χ3v) is 1.73. The number of halogens is 1. The van der Waals surface area contributed by atoms with Crippen LogP contribution in [0.1, 0.15) is 10.4 Å². The van der Waals surface area contributed by atoms with Gasteiger partial charge >= 0.3 is 0 Å². The number of benzene rings is 1. The molecule has 70 valence electrons. The molecule has 4 heteroatoms. The molecule has 2 N–H and O–H groups in total. The zero-order valence-electron chi connectivity index (χ0n) is 7.54.